The summed E-state index contributed by atoms with van der Waals surface area (Å²) in [5.41, 5.74) is 2.32. The van der Waals surface area contributed by atoms with Crippen LogP contribution in [0.15, 0.2) is 77.7 Å². The van der Waals surface area contributed by atoms with Crippen LogP contribution in [0.2, 0.25) is 5.02 Å². The summed E-state index contributed by atoms with van der Waals surface area (Å²) in [6.45, 7) is 2.14. The molecule has 0 heterocycles. The van der Waals surface area contributed by atoms with E-state index in [9.17, 15) is 17.6 Å². The van der Waals surface area contributed by atoms with Gasteiger partial charge in [0.2, 0.25) is 10.0 Å². The van der Waals surface area contributed by atoms with Crippen LogP contribution in [0.25, 0.3) is 0 Å². The van der Waals surface area contributed by atoms with Gasteiger partial charge < -0.3 is 4.74 Å². The van der Waals surface area contributed by atoms with Crippen molar-refractivity contribution in [2.45, 2.75) is 37.1 Å². The molecule has 1 N–H and O–H groups in total. The quantitative estimate of drug-likeness (QED) is 0.385. The first kappa shape index (κ1) is 24.9. The van der Waals surface area contributed by atoms with Crippen LogP contribution in [0.1, 0.15) is 42.5 Å². The topological polar surface area (TPSA) is 72.5 Å². The Labute approximate surface area is 198 Å². The van der Waals surface area contributed by atoms with Crippen molar-refractivity contribution in [3.05, 3.63) is 100 Å². The molecule has 0 aromatic heterocycles. The second kappa shape index (κ2) is 11.4. The molecule has 33 heavy (non-hydrogen) atoms. The molecule has 1 unspecified atom stereocenters. The zero-order chi connectivity index (χ0) is 23.8. The summed E-state index contributed by atoms with van der Waals surface area (Å²) in [6.07, 6.45) is 1.69. The molecule has 0 saturated carbocycles. The minimum absolute atomic E-state index is 0.0783. The van der Waals surface area contributed by atoms with Gasteiger partial charge in [0.1, 0.15) is 5.82 Å². The molecular weight excluding hydrogens is 465 g/mol. The van der Waals surface area contributed by atoms with Crippen LogP contribution in [-0.4, -0.2) is 21.0 Å². The number of carbonyl (C=O) groups excluding carboxylic acids is 1. The Hall–Kier alpha value is -2.74. The van der Waals surface area contributed by atoms with Gasteiger partial charge in [0, 0.05) is 11.4 Å². The van der Waals surface area contributed by atoms with E-state index in [-0.39, 0.29) is 10.9 Å². The Bertz CT molecular complexity index is 1160. The van der Waals surface area contributed by atoms with Crippen molar-refractivity contribution in [1.29, 1.82) is 0 Å². The summed E-state index contributed by atoms with van der Waals surface area (Å²) >= 11 is 5.88. The second-order valence-corrected chi connectivity index (χ2v) is 9.61. The Morgan fingerprint density at radius 1 is 0.970 bits per heavy atom. The number of hydrogen-bond acceptors (Lipinski definition) is 4. The van der Waals surface area contributed by atoms with Gasteiger partial charge in [0.05, 0.1) is 17.5 Å². The molecule has 3 aromatic carbocycles. The van der Waals surface area contributed by atoms with E-state index >= 15 is 0 Å². The van der Waals surface area contributed by atoms with Gasteiger partial charge in [-0.25, -0.2) is 12.8 Å². The van der Waals surface area contributed by atoms with Crippen molar-refractivity contribution in [2.75, 3.05) is 6.61 Å². The Morgan fingerprint density at radius 2 is 1.55 bits per heavy atom. The molecule has 0 aliphatic carbocycles. The smallest absolute Gasteiger partial charge is 0.305 e. The average Bonchev–Trinajstić information content (AvgIpc) is 2.79. The van der Waals surface area contributed by atoms with Crippen LogP contribution in [-0.2, 0) is 26.0 Å². The summed E-state index contributed by atoms with van der Waals surface area (Å²) in [4.78, 5) is 11.6. The average molecular weight is 490 g/mol. The molecule has 0 radical (unpaired) electrons. The van der Waals surface area contributed by atoms with Crippen molar-refractivity contribution < 1.29 is 22.3 Å². The van der Waals surface area contributed by atoms with E-state index in [0.29, 0.717) is 42.0 Å². The fraction of sp³-hybridized carbons (Fsp3) is 0.240. The van der Waals surface area contributed by atoms with E-state index in [2.05, 4.69) is 4.72 Å². The van der Waals surface area contributed by atoms with E-state index in [4.69, 9.17) is 16.3 Å². The van der Waals surface area contributed by atoms with Crippen LogP contribution in [0.4, 0.5) is 4.39 Å². The lowest BCUT2D eigenvalue weighted by Gasteiger charge is -2.20. The van der Waals surface area contributed by atoms with E-state index in [1.807, 2.05) is 24.3 Å². The first-order chi connectivity index (χ1) is 15.8. The lowest BCUT2D eigenvalue weighted by molar-refractivity contribution is -0.143. The molecule has 8 heteroatoms. The molecule has 0 bridgehead atoms. The number of nitrogens with one attached hydrogen (secondary N) is 1. The number of aryl methyl sites for hydroxylation is 1. The lowest BCUT2D eigenvalue weighted by Crippen LogP contribution is -2.29. The minimum Gasteiger partial charge on any atom is -0.466 e. The third-order valence-corrected chi connectivity index (χ3v) is 6.76. The summed E-state index contributed by atoms with van der Waals surface area (Å²) in [5.74, 6) is -0.628. The van der Waals surface area contributed by atoms with Gasteiger partial charge in [-0.2, -0.15) is 4.72 Å². The number of carbonyl (C=O) groups is 1. The highest BCUT2D eigenvalue weighted by atomic mass is 35.5. The largest absolute Gasteiger partial charge is 0.466 e. The maximum Gasteiger partial charge on any atom is 0.305 e. The number of hydrogen-bond donors (Lipinski definition) is 1. The Balaban J connectivity index is 1.82. The SMILES string of the molecule is CCOC(=O)CCCc1ccc(C(NS(=O)(=O)c2ccc(Cl)cc2)c2ccc(F)cc2)cc1. The van der Waals surface area contributed by atoms with Crippen LogP contribution in [0.3, 0.4) is 0 Å². The van der Waals surface area contributed by atoms with E-state index in [1.54, 1.807) is 19.1 Å². The zero-order valence-electron chi connectivity index (χ0n) is 18.1. The molecule has 0 fully saturated rings. The standard InChI is InChI=1S/C25H25ClFNO4S/c1-2-32-24(29)5-3-4-18-6-8-19(9-7-18)25(20-10-14-22(27)15-11-20)28-33(30,31)23-16-12-21(26)13-17-23/h6-17,25,28H,2-5H2,1H3. The molecule has 1 atom stereocenters. The molecule has 0 saturated heterocycles. The van der Waals surface area contributed by atoms with Gasteiger partial charge in [-0.05, 0) is 72.9 Å². The molecule has 0 aliphatic rings. The van der Waals surface area contributed by atoms with Crippen LogP contribution in [0, 0.1) is 5.82 Å². The van der Waals surface area contributed by atoms with Gasteiger partial charge in [0.25, 0.3) is 0 Å². The number of ether oxygens (including phenoxy) is 1. The van der Waals surface area contributed by atoms with E-state index in [0.717, 1.165) is 5.56 Å². The number of benzene rings is 3. The fourth-order valence-corrected chi connectivity index (χ4v) is 4.71. The maximum atomic E-state index is 13.5. The van der Waals surface area contributed by atoms with Gasteiger partial charge in [-0.15, -0.1) is 0 Å². The van der Waals surface area contributed by atoms with Crippen molar-refractivity contribution >= 4 is 27.6 Å². The zero-order valence-corrected chi connectivity index (χ0v) is 19.7. The summed E-state index contributed by atoms with van der Waals surface area (Å²) in [6, 6.07) is 18.3. The molecule has 3 aromatic rings. The normalized spacial score (nSPS) is 12.3. The number of sulfonamides is 1. The first-order valence-electron chi connectivity index (χ1n) is 10.6. The van der Waals surface area contributed by atoms with Crippen LogP contribution >= 0.6 is 11.6 Å². The van der Waals surface area contributed by atoms with Crippen molar-refractivity contribution in [3.8, 4) is 0 Å². The number of halogens is 2. The Kier molecular flexibility index (Phi) is 8.61. The van der Waals surface area contributed by atoms with Crippen molar-refractivity contribution in [2.24, 2.45) is 0 Å². The molecule has 0 aliphatic heterocycles. The third kappa shape index (κ3) is 7.12. The molecule has 0 spiro atoms. The number of rotatable bonds is 10. The van der Waals surface area contributed by atoms with Crippen LogP contribution in [0.5, 0.6) is 0 Å². The highest BCUT2D eigenvalue weighted by Crippen LogP contribution is 2.26. The van der Waals surface area contributed by atoms with Crippen molar-refractivity contribution in [3.63, 3.8) is 0 Å². The second-order valence-electron chi connectivity index (χ2n) is 7.46. The summed E-state index contributed by atoms with van der Waals surface area (Å²) in [5, 5.41) is 0.433. The van der Waals surface area contributed by atoms with E-state index < -0.39 is 21.9 Å². The van der Waals surface area contributed by atoms with E-state index in [1.165, 1.54) is 36.4 Å². The lowest BCUT2D eigenvalue weighted by atomic mass is 9.97. The molecule has 3 rings (SSSR count). The maximum absolute atomic E-state index is 13.5. The summed E-state index contributed by atoms with van der Waals surface area (Å²) in [7, 11) is -3.88. The molecule has 5 nitrogen and oxygen atoms in total. The Morgan fingerprint density at radius 3 is 2.12 bits per heavy atom. The van der Waals surface area contributed by atoms with Gasteiger partial charge in [0.15, 0.2) is 0 Å². The van der Waals surface area contributed by atoms with Gasteiger partial charge in [-0.1, -0.05) is 48.0 Å². The highest BCUT2D eigenvalue weighted by molar-refractivity contribution is 7.89. The predicted octanol–water partition coefficient (Wildman–Crippen LogP) is 5.43. The molecule has 0 amide bonds. The minimum atomic E-state index is -3.88. The summed E-state index contributed by atoms with van der Waals surface area (Å²) < 4.78 is 47.2. The predicted molar refractivity (Wildman–Crippen MR) is 126 cm³/mol. The third-order valence-electron chi connectivity index (χ3n) is 5.07. The molecular formula is C25H25ClFNO4S. The monoisotopic (exact) mass is 489 g/mol. The highest BCUT2D eigenvalue weighted by Gasteiger charge is 2.23. The fourth-order valence-electron chi connectivity index (χ4n) is 3.37. The number of esters is 1. The van der Waals surface area contributed by atoms with Crippen LogP contribution < -0.4 is 4.72 Å². The van der Waals surface area contributed by atoms with Gasteiger partial charge >= 0.3 is 5.97 Å². The first-order valence-corrected chi connectivity index (χ1v) is 12.4. The van der Waals surface area contributed by atoms with Gasteiger partial charge in [-0.3, -0.25) is 4.79 Å². The van der Waals surface area contributed by atoms with Crippen molar-refractivity contribution in [1.82, 2.24) is 4.72 Å². The molecule has 174 valence electrons.